The second-order valence-corrected chi connectivity index (χ2v) is 10.4. The van der Waals surface area contributed by atoms with Crippen molar-refractivity contribution in [3.05, 3.63) is 65.3 Å². The van der Waals surface area contributed by atoms with Crippen molar-refractivity contribution in [1.29, 1.82) is 5.26 Å². The Hall–Kier alpha value is -3.51. The lowest BCUT2D eigenvalue weighted by Crippen LogP contribution is -2.50. The number of hydrogen-bond acceptors (Lipinski definition) is 7. The van der Waals surface area contributed by atoms with E-state index >= 15 is 0 Å². The van der Waals surface area contributed by atoms with Crippen LogP contribution in [0.15, 0.2) is 54.7 Å². The molecule has 6 rings (SSSR count). The van der Waals surface area contributed by atoms with E-state index in [1.807, 2.05) is 31.2 Å². The Kier molecular flexibility index (Phi) is 5.50. The molecule has 3 saturated heterocycles. The Morgan fingerprint density at radius 1 is 1.14 bits per heavy atom. The highest BCUT2D eigenvalue weighted by Crippen LogP contribution is 2.63. The zero-order valence-corrected chi connectivity index (χ0v) is 21.1. The molecule has 3 aliphatic rings. The molecule has 8 nitrogen and oxygen atoms in total. The lowest BCUT2D eigenvalue weighted by atomic mass is 9.66. The molecule has 37 heavy (non-hydrogen) atoms. The average molecular weight is 518 g/mol. The Morgan fingerprint density at radius 3 is 2.59 bits per heavy atom. The van der Waals surface area contributed by atoms with E-state index in [0.717, 1.165) is 0 Å². The summed E-state index contributed by atoms with van der Waals surface area (Å²) in [6.07, 6.45) is 2.01. The van der Waals surface area contributed by atoms with Crippen molar-refractivity contribution in [1.82, 2.24) is 4.98 Å². The lowest BCUT2D eigenvalue weighted by Gasteiger charge is -2.35. The number of benzene rings is 2. The van der Waals surface area contributed by atoms with E-state index < -0.39 is 23.0 Å². The van der Waals surface area contributed by atoms with Gasteiger partial charge in [-0.3, -0.25) is 9.59 Å². The number of carbonyl (C=O) groups is 2. The molecule has 0 radical (unpaired) electrons. The van der Waals surface area contributed by atoms with Gasteiger partial charge in [0.05, 0.1) is 52.5 Å². The third kappa shape index (κ3) is 3.38. The number of hydrogen-bond donors (Lipinski definition) is 0. The molecule has 3 fully saturated rings. The molecular formula is C28H24ClN3O5. The lowest BCUT2D eigenvalue weighted by molar-refractivity contribution is -0.135. The number of imide groups is 1. The van der Waals surface area contributed by atoms with E-state index in [1.54, 1.807) is 31.4 Å². The van der Waals surface area contributed by atoms with Gasteiger partial charge >= 0.3 is 0 Å². The van der Waals surface area contributed by atoms with Crippen molar-refractivity contribution in [2.45, 2.75) is 37.1 Å². The van der Waals surface area contributed by atoms with Crippen molar-refractivity contribution in [3.63, 3.8) is 0 Å². The fraction of sp³-hybridized carbons (Fsp3) is 0.357. The monoisotopic (exact) mass is 517 g/mol. The normalized spacial score (nSPS) is 30.1. The van der Waals surface area contributed by atoms with Gasteiger partial charge in [0.25, 0.3) is 0 Å². The number of carbonyl (C=O) groups excluding carboxylic acids is 2. The quantitative estimate of drug-likeness (QED) is 0.450. The second-order valence-electron chi connectivity index (χ2n) is 9.95. The highest BCUT2D eigenvalue weighted by atomic mass is 35.5. The van der Waals surface area contributed by atoms with E-state index in [2.05, 4.69) is 11.1 Å². The minimum atomic E-state index is -0.957. The van der Waals surface area contributed by atoms with Gasteiger partial charge in [0.1, 0.15) is 5.60 Å². The predicted octanol–water partition coefficient (Wildman–Crippen LogP) is 4.28. The molecule has 2 aromatic carbocycles. The first kappa shape index (κ1) is 23.9. The van der Waals surface area contributed by atoms with Gasteiger partial charge in [-0.2, -0.15) is 5.26 Å². The van der Waals surface area contributed by atoms with Gasteiger partial charge < -0.3 is 14.2 Å². The fourth-order valence-electron chi connectivity index (χ4n) is 6.51. The number of rotatable bonds is 6. The maximum Gasteiger partial charge on any atom is 0.240 e. The standard InChI is InChI=1S/C28H24ClN3O5/c1-27-21(35-2)13-28(37-27,11-12-36-22-10-8-17(29)15-31-22)24-23(27)25(33)32(26(24)34)20-9-7-16(14-30)18-5-3-4-6-19(18)20/h3-10,15,21,23-24H,11-13H2,1-2H3/t21-,23-,24?,27+,28?/m0/s1. The van der Waals surface area contributed by atoms with Crippen LogP contribution in [0.1, 0.15) is 25.3 Å². The Balaban J connectivity index is 1.37. The van der Waals surface area contributed by atoms with Crippen LogP contribution in [0.3, 0.4) is 0 Å². The summed E-state index contributed by atoms with van der Waals surface area (Å²) in [6.45, 7) is 2.10. The molecule has 9 heteroatoms. The van der Waals surface area contributed by atoms with E-state index in [1.165, 1.54) is 11.1 Å². The summed E-state index contributed by atoms with van der Waals surface area (Å²) < 4.78 is 18.2. The minimum Gasteiger partial charge on any atom is -0.478 e. The number of amides is 2. The van der Waals surface area contributed by atoms with Crippen molar-refractivity contribution >= 4 is 39.9 Å². The molecule has 1 aromatic heterocycles. The van der Waals surface area contributed by atoms with Gasteiger partial charge in [-0.05, 0) is 25.1 Å². The SMILES string of the molecule is CO[C@H]1CC2(CCOc3ccc(Cl)cn3)O[C@@]1(C)[C@@H]1C(=O)N(c3ccc(C#N)c4ccccc34)C(=O)C12. The van der Waals surface area contributed by atoms with Crippen molar-refractivity contribution < 1.29 is 23.8 Å². The Labute approximate surface area is 218 Å². The van der Waals surface area contributed by atoms with Crippen LogP contribution in [-0.4, -0.2) is 47.8 Å². The topological polar surface area (TPSA) is 102 Å². The number of nitrogens with zero attached hydrogens (tertiary/aromatic N) is 3. The number of nitriles is 1. The maximum absolute atomic E-state index is 14.1. The predicted molar refractivity (Wildman–Crippen MR) is 135 cm³/mol. The Morgan fingerprint density at radius 2 is 1.89 bits per heavy atom. The first-order chi connectivity index (χ1) is 17.8. The van der Waals surface area contributed by atoms with Crippen molar-refractivity contribution in [3.8, 4) is 11.9 Å². The van der Waals surface area contributed by atoms with Crippen molar-refractivity contribution in [2.75, 3.05) is 18.6 Å². The van der Waals surface area contributed by atoms with Crippen molar-refractivity contribution in [2.24, 2.45) is 11.8 Å². The van der Waals surface area contributed by atoms with Crippen LogP contribution in [0.5, 0.6) is 5.88 Å². The third-order valence-corrected chi connectivity index (χ3v) is 8.33. The summed E-state index contributed by atoms with van der Waals surface area (Å²) in [7, 11) is 1.60. The minimum absolute atomic E-state index is 0.242. The van der Waals surface area contributed by atoms with Crippen LogP contribution in [0.25, 0.3) is 10.8 Å². The molecule has 0 saturated carbocycles. The van der Waals surface area contributed by atoms with Gasteiger partial charge in [-0.25, -0.2) is 9.88 Å². The highest BCUT2D eigenvalue weighted by molar-refractivity contribution is 6.30. The van der Waals surface area contributed by atoms with Gasteiger partial charge in [-0.1, -0.05) is 35.9 Å². The summed E-state index contributed by atoms with van der Waals surface area (Å²) in [4.78, 5) is 33.5. The van der Waals surface area contributed by atoms with Gasteiger partial charge in [-0.15, -0.1) is 0 Å². The molecule has 2 amide bonds. The zero-order valence-electron chi connectivity index (χ0n) is 20.3. The van der Waals surface area contributed by atoms with Crippen LogP contribution in [0, 0.1) is 23.2 Å². The van der Waals surface area contributed by atoms with Gasteiger partial charge in [0.2, 0.25) is 17.7 Å². The highest BCUT2D eigenvalue weighted by Gasteiger charge is 2.77. The van der Waals surface area contributed by atoms with Crippen LogP contribution >= 0.6 is 11.6 Å². The van der Waals surface area contributed by atoms with Gasteiger partial charge in [0, 0.05) is 43.0 Å². The summed E-state index contributed by atoms with van der Waals surface area (Å²) in [5, 5.41) is 11.4. The molecule has 2 bridgehead atoms. The fourth-order valence-corrected chi connectivity index (χ4v) is 6.62. The van der Waals surface area contributed by atoms with Crippen LogP contribution in [-0.2, 0) is 19.1 Å². The van der Waals surface area contributed by atoms with E-state index in [9.17, 15) is 14.9 Å². The number of ether oxygens (including phenoxy) is 3. The number of fused-ring (bicyclic) bond motifs is 6. The number of methoxy groups -OCH3 is 1. The smallest absolute Gasteiger partial charge is 0.240 e. The summed E-state index contributed by atoms with van der Waals surface area (Å²) >= 11 is 5.91. The first-order valence-corrected chi connectivity index (χ1v) is 12.5. The molecular weight excluding hydrogens is 494 g/mol. The van der Waals surface area contributed by atoms with Crippen LogP contribution in [0.4, 0.5) is 5.69 Å². The Bertz CT molecular complexity index is 1470. The first-order valence-electron chi connectivity index (χ1n) is 12.1. The average Bonchev–Trinajstić information content (AvgIpc) is 3.46. The van der Waals surface area contributed by atoms with E-state index in [-0.39, 0.29) is 24.5 Å². The third-order valence-electron chi connectivity index (χ3n) is 8.11. The van der Waals surface area contributed by atoms with E-state index in [0.29, 0.717) is 45.8 Å². The molecule has 0 spiro atoms. The summed E-state index contributed by atoms with van der Waals surface area (Å²) in [5.74, 6) is -1.56. The zero-order chi connectivity index (χ0) is 25.9. The van der Waals surface area contributed by atoms with E-state index in [4.69, 9.17) is 25.8 Å². The largest absolute Gasteiger partial charge is 0.478 e. The molecule has 188 valence electrons. The molecule has 5 atom stereocenters. The number of aromatic nitrogens is 1. The number of anilines is 1. The van der Waals surface area contributed by atoms with Gasteiger partial charge in [0.15, 0.2) is 0 Å². The molecule has 4 heterocycles. The second kappa shape index (κ2) is 8.52. The molecule has 3 aliphatic heterocycles. The summed E-state index contributed by atoms with van der Waals surface area (Å²) in [6, 6.07) is 16.2. The van der Waals surface area contributed by atoms with Crippen LogP contribution < -0.4 is 9.64 Å². The summed E-state index contributed by atoms with van der Waals surface area (Å²) in [5.41, 5.74) is -0.913. The molecule has 0 aliphatic carbocycles. The number of halogens is 1. The molecule has 2 unspecified atom stereocenters. The molecule has 3 aromatic rings. The maximum atomic E-state index is 14.1. The number of pyridine rings is 1. The van der Waals surface area contributed by atoms with Crippen LogP contribution in [0.2, 0.25) is 5.02 Å². The molecule has 0 N–H and O–H groups in total.